The van der Waals surface area contributed by atoms with Gasteiger partial charge >= 0.3 is 12.1 Å². The number of amides is 1. The Morgan fingerprint density at radius 1 is 1.03 bits per heavy atom. The second-order valence-electron chi connectivity index (χ2n) is 9.81. The number of benzene rings is 1. The van der Waals surface area contributed by atoms with E-state index in [0.29, 0.717) is 37.2 Å². The molecular weight excluding hydrogens is 412 g/mol. The van der Waals surface area contributed by atoms with Gasteiger partial charge in [-0.05, 0) is 56.8 Å². The van der Waals surface area contributed by atoms with Gasteiger partial charge in [0, 0.05) is 11.5 Å². The summed E-state index contributed by atoms with van der Waals surface area (Å²) < 4.78 is 16.3. The van der Waals surface area contributed by atoms with Crippen LogP contribution in [0.25, 0.3) is 0 Å². The lowest BCUT2D eigenvalue weighted by molar-refractivity contribution is -0.183. The predicted octanol–water partition coefficient (Wildman–Crippen LogP) is 2.28. The Hall–Kier alpha value is -2.61. The first kappa shape index (κ1) is 20.0. The number of rotatable bonds is 2. The van der Waals surface area contributed by atoms with Gasteiger partial charge in [-0.15, -0.1) is 0 Å². The van der Waals surface area contributed by atoms with E-state index in [1.54, 1.807) is 18.1 Å². The molecule has 1 unspecified atom stereocenters. The summed E-state index contributed by atoms with van der Waals surface area (Å²) >= 11 is 0. The molecule has 8 rings (SSSR count). The molecule has 1 amide bonds. The van der Waals surface area contributed by atoms with Gasteiger partial charge in [0.05, 0.1) is 43.9 Å². The first-order valence-corrected chi connectivity index (χ1v) is 11.4. The van der Waals surface area contributed by atoms with E-state index in [4.69, 9.17) is 14.2 Å². The molecule has 6 fully saturated rings. The average Bonchev–Trinajstić information content (AvgIpc) is 2.98. The Balaban J connectivity index is 1.76. The van der Waals surface area contributed by atoms with E-state index in [9.17, 15) is 14.4 Å². The van der Waals surface area contributed by atoms with Gasteiger partial charge in [-0.2, -0.15) is 0 Å². The predicted molar refractivity (Wildman–Crippen MR) is 114 cm³/mol. The summed E-state index contributed by atoms with van der Waals surface area (Å²) in [6.45, 7) is 1.56. The molecule has 3 saturated carbocycles. The normalized spacial score (nSPS) is 40.4. The SMILES string of the molecule is COC(=O)[C@@H]1[C@@H]2N3CCC[C@@]24CC[C@@]12N(C(=O)OC)c1c(OC)cccc1[C@]2(CC3)C4=O. The molecule has 3 saturated heterocycles. The van der Waals surface area contributed by atoms with Crippen LogP contribution in [0.1, 0.15) is 37.7 Å². The minimum absolute atomic E-state index is 0.185. The number of piperidine rings is 1. The van der Waals surface area contributed by atoms with E-state index in [0.717, 1.165) is 24.9 Å². The van der Waals surface area contributed by atoms with Crippen molar-refractivity contribution in [2.75, 3.05) is 39.3 Å². The molecule has 5 bridgehead atoms. The van der Waals surface area contributed by atoms with E-state index in [1.807, 2.05) is 12.1 Å². The molecule has 4 aliphatic heterocycles. The van der Waals surface area contributed by atoms with Crippen molar-refractivity contribution in [3.05, 3.63) is 23.8 Å². The highest BCUT2D eigenvalue weighted by molar-refractivity contribution is 6.11. The van der Waals surface area contributed by atoms with Crippen molar-refractivity contribution in [2.45, 2.75) is 49.1 Å². The number of esters is 1. The van der Waals surface area contributed by atoms with Crippen LogP contribution in [0.2, 0.25) is 0 Å². The molecule has 1 aromatic rings. The highest BCUT2D eigenvalue weighted by Crippen LogP contribution is 2.74. The minimum Gasteiger partial charge on any atom is -0.495 e. The van der Waals surface area contributed by atoms with Crippen LogP contribution in [0.5, 0.6) is 5.75 Å². The van der Waals surface area contributed by atoms with Gasteiger partial charge in [-0.3, -0.25) is 19.4 Å². The average molecular weight is 440 g/mol. The van der Waals surface area contributed by atoms with Crippen LogP contribution >= 0.6 is 0 Å². The largest absolute Gasteiger partial charge is 0.495 e. The number of nitrogens with zero attached hydrogens (tertiary/aromatic N) is 2. The van der Waals surface area contributed by atoms with E-state index in [2.05, 4.69) is 4.90 Å². The molecule has 6 atom stereocenters. The smallest absolute Gasteiger partial charge is 0.414 e. The van der Waals surface area contributed by atoms with Crippen molar-refractivity contribution < 1.29 is 28.6 Å². The first-order valence-electron chi connectivity index (χ1n) is 11.4. The van der Waals surface area contributed by atoms with Gasteiger partial charge < -0.3 is 14.2 Å². The lowest BCUT2D eigenvalue weighted by atomic mass is 9.38. The molecule has 1 aromatic carbocycles. The molecule has 4 heterocycles. The number of hydrogen-bond donors (Lipinski definition) is 0. The molecule has 0 radical (unpaired) electrons. The first-order chi connectivity index (χ1) is 15.4. The zero-order valence-corrected chi connectivity index (χ0v) is 18.7. The zero-order chi connectivity index (χ0) is 22.5. The van der Waals surface area contributed by atoms with Crippen LogP contribution in [0.4, 0.5) is 10.5 Å². The van der Waals surface area contributed by atoms with Crippen LogP contribution in [-0.4, -0.2) is 68.7 Å². The quantitative estimate of drug-likeness (QED) is 0.652. The minimum atomic E-state index is -1.07. The van der Waals surface area contributed by atoms with Gasteiger partial charge in [-0.1, -0.05) is 12.1 Å². The fraction of sp³-hybridized carbons (Fsp3) is 0.625. The molecule has 32 heavy (non-hydrogen) atoms. The number of para-hydroxylation sites is 1. The third-order valence-electron chi connectivity index (χ3n) is 9.28. The van der Waals surface area contributed by atoms with Gasteiger partial charge in [0.25, 0.3) is 0 Å². The number of ketones is 1. The number of ether oxygens (including phenoxy) is 3. The summed E-state index contributed by atoms with van der Waals surface area (Å²) in [5.74, 6) is -0.304. The van der Waals surface area contributed by atoms with E-state index < -0.39 is 28.4 Å². The number of hydrogen-bond acceptors (Lipinski definition) is 7. The molecule has 3 aliphatic carbocycles. The summed E-state index contributed by atoms with van der Waals surface area (Å²) in [7, 11) is 4.29. The maximum absolute atomic E-state index is 14.7. The van der Waals surface area contributed by atoms with Crippen LogP contribution in [-0.2, 0) is 24.5 Å². The second-order valence-corrected chi connectivity index (χ2v) is 9.81. The molecule has 0 aromatic heterocycles. The van der Waals surface area contributed by atoms with Gasteiger partial charge in [0.15, 0.2) is 5.78 Å². The number of anilines is 1. The maximum atomic E-state index is 14.7. The topological polar surface area (TPSA) is 85.4 Å². The summed E-state index contributed by atoms with van der Waals surface area (Å²) in [6.07, 6.45) is 2.91. The Labute approximate surface area is 186 Å². The van der Waals surface area contributed by atoms with Crippen molar-refractivity contribution in [3.8, 4) is 5.75 Å². The van der Waals surface area contributed by atoms with Crippen LogP contribution in [0.15, 0.2) is 18.2 Å². The highest BCUT2D eigenvalue weighted by Gasteiger charge is 2.84. The van der Waals surface area contributed by atoms with Gasteiger partial charge in [0.1, 0.15) is 5.75 Å². The molecule has 7 aliphatic rings. The number of carbonyl (C=O) groups is 3. The molecule has 3 spiro atoms. The van der Waals surface area contributed by atoms with E-state index in [1.165, 1.54) is 14.2 Å². The lowest BCUT2D eigenvalue weighted by Gasteiger charge is -2.67. The maximum Gasteiger partial charge on any atom is 0.414 e. The number of carbonyl (C=O) groups excluding carboxylic acids is 3. The van der Waals surface area contributed by atoms with Crippen molar-refractivity contribution in [1.29, 1.82) is 0 Å². The van der Waals surface area contributed by atoms with Crippen molar-refractivity contribution in [2.24, 2.45) is 11.3 Å². The summed E-state index contributed by atoms with van der Waals surface area (Å²) in [5.41, 5.74) is -1.31. The van der Waals surface area contributed by atoms with Crippen molar-refractivity contribution in [3.63, 3.8) is 0 Å². The van der Waals surface area contributed by atoms with Crippen LogP contribution in [0.3, 0.4) is 0 Å². The number of Topliss-reactive ketones (excluding diaryl/α,β-unsaturated/α-hetero) is 1. The molecule has 8 nitrogen and oxygen atoms in total. The zero-order valence-electron chi connectivity index (χ0n) is 18.7. The standard InChI is InChI=1S/C24H28N2O6/c1-30-15-7-4-6-14-17(15)26(21(29)32-3)24-10-9-22-8-5-12-25(13-11-23(14,24)20(22)28)18(22)16(24)19(27)31-2/h4,6-7,16,18H,5,8-13H2,1-3H3/t16-,18-,22+,23+,24+/m0/s1. The Bertz CT molecular complexity index is 1060. The Morgan fingerprint density at radius 3 is 2.56 bits per heavy atom. The van der Waals surface area contributed by atoms with Gasteiger partial charge in [0.2, 0.25) is 0 Å². The molecule has 170 valence electrons. The second kappa shape index (κ2) is 6.25. The Kier molecular flexibility index (Phi) is 3.91. The van der Waals surface area contributed by atoms with Crippen molar-refractivity contribution in [1.82, 2.24) is 4.90 Å². The molecule has 8 heteroatoms. The number of methoxy groups -OCH3 is 3. The lowest BCUT2D eigenvalue weighted by Crippen LogP contribution is -2.82. The molecule has 0 N–H and O–H groups in total. The summed E-state index contributed by atoms with van der Waals surface area (Å²) in [5, 5.41) is 0. The van der Waals surface area contributed by atoms with Crippen molar-refractivity contribution >= 4 is 23.5 Å². The molecular formula is C24H28N2O6. The third kappa shape index (κ3) is 1.82. The summed E-state index contributed by atoms with van der Waals surface area (Å²) in [4.78, 5) is 45.6. The van der Waals surface area contributed by atoms with Gasteiger partial charge in [-0.25, -0.2) is 4.79 Å². The highest BCUT2D eigenvalue weighted by atomic mass is 16.5. The Morgan fingerprint density at radius 2 is 1.84 bits per heavy atom. The fourth-order valence-electron chi connectivity index (χ4n) is 8.41. The third-order valence-corrected chi connectivity index (χ3v) is 9.28. The van der Waals surface area contributed by atoms with Crippen LogP contribution < -0.4 is 9.64 Å². The number of fused-ring (bicyclic) bond motifs is 3. The summed E-state index contributed by atoms with van der Waals surface area (Å²) in [6, 6.07) is 5.33. The monoisotopic (exact) mass is 440 g/mol. The fourth-order valence-corrected chi connectivity index (χ4v) is 8.41. The van der Waals surface area contributed by atoms with Crippen LogP contribution in [0, 0.1) is 11.3 Å². The van der Waals surface area contributed by atoms with E-state index >= 15 is 0 Å². The van der Waals surface area contributed by atoms with E-state index in [-0.39, 0.29) is 17.8 Å².